The third-order valence-corrected chi connectivity index (χ3v) is 4.96. The Kier molecular flexibility index (Phi) is 9.63. The number of aliphatic hydroxyl groups excluding tert-OH is 2. The zero-order valence-corrected chi connectivity index (χ0v) is 21.1. The van der Waals surface area contributed by atoms with Crippen LogP contribution in [0.5, 0.6) is 17.2 Å². The van der Waals surface area contributed by atoms with Crippen LogP contribution in [0, 0.1) is 0 Å². The minimum atomic E-state index is -0.596. The maximum Gasteiger partial charge on any atom is 0.333 e. The van der Waals surface area contributed by atoms with Gasteiger partial charge in [0.05, 0.1) is 0 Å². The Bertz CT molecular complexity index is 1380. The molecule has 206 valence electrons. The second-order valence-corrected chi connectivity index (χ2v) is 7.74. The second kappa shape index (κ2) is 13.9. The molecule has 4 rings (SSSR count). The van der Waals surface area contributed by atoms with Gasteiger partial charge in [0.25, 0.3) is 0 Å². The van der Waals surface area contributed by atoms with E-state index in [0.717, 1.165) is 6.08 Å². The summed E-state index contributed by atoms with van der Waals surface area (Å²) in [6.07, 6.45) is 1.05. The van der Waals surface area contributed by atoms with E-state index >= 15 is 0 Å². The maximum absolute atomic E-state index is 11.2. The monoisotopic (exact) mass is 546 g/mol. The quantitative estimate of drug-likeness (QED) is 0.0879. The number of hydrogen-bond donors (Lipinski definition) is 5. The Labute approximate surface area is 229 Å². The number of aromatic nitrogens is 3. The normalized spacial score (nSPS) is 10.2. The van der Waals surface area contributed by atoms with Gasteiger partial charge in [-0.3, -0.25) is 0 Å². The summed E-state index contributed by atoms with van der Waals surface area (Å²) in [5.41, 5.74) is 1.81. The van der Waals surface area contributed by atoms with Crippen LogP contribution in [0.1, 0.15) is 0 Å². The van der Waals surface area contributed by atoms with E-state index in [1.54, 1.807) is 72.8 Å². The Morgan fingerprint density at radius 2 is 1.10 bits per heavy atom. The van der Waals surface area contributed by atoms with Crippen molar-refractivity contribution in [1.29, 1.82) is 0 Å². The van der Waals surface area contributed by atoms with Crippen molar-refractivity contribution in [1.82, 2.24) is 15.0 Å². The highest BCUT2D eigenvalue weighted by molar-refractivity contribution is 5.81. The zero-order chi connectivity index (χ0) is 28.2. The summed E-state index contributed by atoms with van der Waals surface area (Å²) >= 11 is 0. The first kappa shape index (κ1) is 27.6. The highest BCUT2D eigenvalue weighted by Crippen LogP contribution is 2.25. The fraction of sp³-hybridized carbons (Fsp3) is 0.111. The van der Waals surface area contributed by atoms with Crippen LogP contribution in [-0.4, -0.2) is 51.5 Å². The molecule has 1 heterocycles. The van der Waals surface area contributed by atoms with Crippen molar-refractivity contribution in [3.63, 3.8) is 0 Å². The molecule has 5 N–H and O–H groups in total. The van der Waals surface area contributed by atoms with Gasteiger partial charge in [-0.25, -0.2) is 4.79 Å². The fourth-order valence-corrected chi connectivity index (χ4v) is 3.29. The molecule has 4 aromatic rings. The Morgan fingerprint density at radius 1 is 0.700 bits per heavy atom. The van der Waals surface area contributed by atoms with E-state index < -0.39 is 19.6 Å². The summed E-state index contributed by atoms with van der Waals surface area (Å²) in [7, 11) is 0. The number of nitrogens with zero attached hydrogens (tertiary/aromatic N) is 3. The summed E-state index contributed by atoms with van der Waals surface area (Å²) in [6, 6.07) is 20.7. The van der Waals surface area contributed by atoms with E-state index in [1.807, 2.05) is 0 Å². The molecule has 13 nitrogen and oxygen atoms in total. The molecule has 13 heteroatoms. The Morgan fingerprint density at radius 3 is 1.48 bits per heavy atom. The molecule has 0 saturated carbocycles. The van der Waals surface area contributed by atoms with Gasteiger partial charge >= 0.3 is 5.97 Å². The maximum atomic E-state index is 11.2. The van der Waals surface area contributed by atoms with Gasteiger partial charge in [-0.1, -0.05) is 24.8 Å². The number of carbonyl (C=O) groups is 1. The molecule has 0 spiro atoms. The van der Waals surface area contributed by atoms with Crippen molar-refractivity contribution in [3.8, 4) is 17.2 Å². The molecule has 0 aliphatic rings. The average Bonchev–Trinajstić information content (AvgIpc) is 2.94. The van der Waals surface area contributed by atoms with Crippen molar-refractivity contribution < 1.29 is 34.0 Å². The van der Waals surface area contributed by atoms with Crippen LogP contribution in [0.4, 0.5) is 34.9 Å². The van der Waals surface area contributed by atoms with E-state index in [2.05, 4.69) is 37.5 Å². The van der Waals surface area contributed by atoms with Gasteiger partial charge in [0.1, 0.15) is 17.2 Å². The number of anilines is 6. The molecule has 3 aromatic carbocycles. The van der Waals surface area contributed by atoms with E-state index in [-0.39, 0.29) is 24.6 Å². The third-order valence-electron chi connectivity index (χ3n) is 4.96. The molecule has 0 atom stereocenters. The predicted octanol–water partition coefficient (Wildman–Crippen LogP) is 3.83. The number of esters is 1. The highest BCUT2D eigenvalue weighted by atomic mass is 16.7. The van der Waals surface area contributed by atoms with Crippen LogP contribution < -0.4 is 30.2 Å². The number of hydrogen-bond acceptors (Lipinski definition) is 13. The third kappa shape index (κ3) is 8.31. The lowest BCUT2D eigenvalue weighted by Crippen LogP contribution is -2.08. The number of rotatable bonds is 14. The van der Waals surface area contributed by atoms with Gasteiger partial charge < -0.3 is 45.1 Å². The highest BCUT2D eigenvalue weighted by Gasteiger charge is 2.10. The van der Waals surface area contributed by atoms with Crippen molar-refractivity contribution in [2.45, 2.75) is 0 Å². The van der Waals surface area contributed by atoms with Crippen LogP contribution in [0.3, 0.4) is 0 Å². The van der Waals surface area contributed by atoms with Gasteiger partial charge in [-0.2, -0.15) is 15.0 Å². The smallest absolute Gasteiger partial charge is 0.333 e. The van der Waals surface area contributed by atoms with E-state index in [1.165, 1.54) is 0 Å². The summed E-state index contributed by atoms with van der Waals surface area (Å²) in [5.74, 6) is 1.35. The lowest BCUT2D eigenvalue weighted by Gasteiger charge is -2.13. The van der Waals surface area contributed by atoms with Crippen molar-refractivity contribution in [3.05, 3.63) is 85.5 Å². The van der Waals surface area contributed by atoms with Gasteiger partial charge in [0.2, 0.25) is 24.6 Å². The number of nitrogens with one attached hydrogen (secondary N) is 3. The minimum absolute atomic E-state index is 0.195. The molecule has 0 fully saturated rings. The lowest BCUT2D eigenvalue weighted by atomic mass is 10.3. The Hall–Kier alpha value is -5.40. The molecule has 0 radical (unpaired) electrons. The molecule has 0 aliphatic heterocycles. The average molecular weight is 547 g/mol. The van der Waals surface area contributed by atoms with Crippen molar-refractivity contribution in [2.24, 2.45) is 0 Å². The first-order valence-corrected chi connectivity index (χ1v) is 11.8. The first-order valence-electron chi connectivity index (χ1n) is 11.8. The summed E-state index contributed by atoms with van der Waals surface area (Å²) in [5, 5.41) is 27.4. The summed E-state index contributed by atoms with van der Waals surface area (Å²) in [4.78, 5) is 24.6. The molecular formula is C27H26N6O7. The second-order valence-electron chi connectivity index (χ2n) is 7.74. The summed E-state index contributed by atoms with van der Waals surface area (Å²) < 4.78 is 20.6. The minimum Gasteiger partial charge on any atom is -0.468 e. The van der Waals surface area contributed by atoms with Gasteiger partial charge in [-0.05, 0) is 36.4 Å². The predicted molar refractivity (Wildman–Crippen MR) is 146 cm³/mol. The fourth-order valence-electron chi connectivity index (χ4n) is 3.29. The molecule has 0 amide bonds. The number of carbonyl (C=O) groups excluding carboxylic acids is 1. The standard InChI is InChI=1S/C27H26N6O7/c1-2-24(36)40-17-39-23-11-5-8-20(14-23)30-27-32-25(28-18-6-3-9-21(12-18)37-15-34)31-26(33-27)29-19-7-4-10-22(13-19)38-16-35/h2-14,34-35H,1,15-17H2,(H3,28,29,30,31,32,33). The van der Waals surface area contributed by atoms with Crippen LogP contribution in [-0.2, 0) is 9.53 Å². The number of ether oxygens (including phenoxy) is 4. The zero-order valence-electron chi connectivity index (χ0n) is 21.1. The SMILES string of the molecule is C=CC(=O)OCOc1cccc(Nc2nc(Nc3cccc(OCO)c3)nc(Nc3cccc(OCO)c3)n2)c1. The molecule has 0 saturated heterocycles. The molecule has 0 bridgehead atoms. The van der Waals surface area contributed by atoms with E-state index in [0.29, 0.717) is 34.3 Å². The van der Waals surface area contributed by atoms with Gasteiger partial charge in [-0.15, -0.1) is 0 Å². The Balaban J connectivity index is 1.58. The van der Waals surface area contributed by atoms with E-state index in [4.69, 9.17) is 29.2 Å². The number of benzene rings is 3. The lowest BCUT2D eigenvalue weighted by molar-refractivity contribution is -0.144. The molecule has 0 unspecified atom stereocenters. The topological polar surface area (TPSA) is 169 Å². The van der Waals surface area contributed by atoms with E-state index in [9.17, 15) is 4.79 Å². The number of aliphatic hydroxyl groups is 2. The van der Waals surface area contributed by atoms with Crippen molar-refractivity contribution in [2.75, 3.05) is 36.3 Å². The first-order chi connectivity index (χ1) is 19.5. The van der Waals surface area contributed by atoms with Gasteiger partial charge in [0, 0.05) is 41.3 Å². The van der Waals surface area contributed by atoms with Crippen LogP contribution in [0.25, 0.3) is 0 Å². The van der Waals surface area contributed by atoms with Crippen LogP contribution in [0.15, 0.2) is 85.5 Å². The van der Waals surface area contributed by atoms with Crippen molar-refractivity contribution >= 4 is 40.9 Å². The van der Waals surface area contributed by atoms with Gasteiger partial charge in [0.15, 0.2) is 13.6 Å². The summed E-state index contributed by atoms with van der Waals surface area (Å²) in [6.45, 7) is 2.13. The molecular weight excluding hydrogens is 520 g/mol. The van der Waals surface area contributed by atoms with Crippen LogP contribution in [0.2, 0.25) is 0 Å². The largest absolute Gasteiger partial charge is 0.468 e. The van der Waals surface area contributed by atoms with Crippen LogP contribution >= 0.6 is 0 Å². The molecule has 40 heavy (non-hydrogen) atoms. The molecule has 1 aromatic heterocycles. The molecule has 0 aliphatic carbocycles.